The SMILES string of the molecule is CC1C=CC=CC1c1c2c(c3ccccc3c1Nc1ccc(-c3ccc(N(c4ccc(N(c5ccccc5)c5ccccc5)cc4)c4cccc5ccccc45)cc3)cc1)CCC=C2. The van der Waals surface area contributed by atoms with Gasteiger partial charge in [-0.25, -0.2) is 0 Å². The molecule has 0 aliphatic heterocycles. The minimum absolute atomic E-state index is 0.288. The van der Waals surface area contributed by atoms with E-state index < -0.39 is 0 Å². The Hall–Kier alpha value is -7.88. The van der Waals surface area contributed by atoms with Crippen molar-refractivity contribution in [1.82, 2.24) is 0 Å². The van der Waals surface area contributed by atoms with Crippen LogP contribution in [0.3, 0.4) is 0 Å². The summed E-state index contributed by atoms with van der Waals surface area (Å²) in [6, 6.07) is 72.2. The number of aryl methyl sites for hydroxylation is 1. The van der Waals surface area contributed by atoms with Crippen LogP contribution in [0.4, 0.5) is 45.5 Å². The minimum Gasteiger partial charge on any atom is -0.355 e. The third-order valence-corrected chi connectivity index (χ3v) is 13.0. The molecule has 0 bridgehead atoms. The van der Waals surface area contributed by atoms with Crippen LogP contribution in [0.1, 0.15) is 36.0 Å². The molecule has 0 aromatic heterocycles. The molecule has 2 aliphatic carbocycles. The molecule has 1 N–H and O–H groups in total. The zero-order chi connectivity index (χ0) is 42.8. The summed E-state index contributed by atoms with van der Waals surface area (Å²) in [5.41, 5.74) is 15.5. The second-order valence-electron chi connectivity index (χ2n) is 16.9. The molecule has 2 aliphatic rings. The van der Waals surface area contributed by atoms with E-state index in [0.717, 1.165) is 52.7 Å². The Balaban J connectivity index is 0.932. The number of anilines is 8. The quantitative estimate of drug-likeness (QED) is 0.148. The number of hydrogen-bond acceptors (Lipinski definition) is 3. The maximum atomic E-state index is 3.96. The van der Waals surface area contributed by atoms with Gasteiger partial charge in [0, 0.05) is 50.8 Å². The van der Waals surface area contributed by atoms with E-state index in [1.807, 2.05) is 0 Å². The summed E-state index contributed by atoms with van der Waals surface area (Å²) >= 11 is 0. The van der Waals surface area contributed by atoms with Gasteiger partial charge in [0.05, 0.1) is 11.4 Å². The number of nitrogens with zero attached hydrogens (tertiary/aromatic N) is 2. The molecule has 3 nitrogen and oxygen atoms in total. The normalized spacial score (nSPS) is 15.3. The van der Waals surface area contributed by atoms with E-state index in [4.69, 9.17) is 0 Å². The summed E-state index contributed by atoms with van der Waals surface area (Å²) in [5.74, 6) is 0.688. The first-order valence-corrected chi connectivity index (χ1v) is 22.5. The van der Waals surface area contributed by atoms with E-state index in [-0.39, 0.29) is 5.92 Å². The molecule has 0 saturated heterocycles. The van der Waals surface area contributed by atoms with Crippen LogP contribution in [0, 0.1) is 5.92 Å². The Labute approximate surface area is 376 Å². The summed E-state index contributed by atoms with van der Waals surface area (Å²) in [6.07, 6.45) is 16.0. The van der Waals surface area contributed by atoms with Crippen molar-refractivity contribution in [3.8, 4) is 11.1 Å². The fraction of sp³-hybridized carbons (Fsp3) is 0.0820. The van der Waals surface area contributed by atoms with E-state index >= 15 is 0 Å². The van der Waals surface area contributed by atoms with Gasteiger partial charge in [0.15, 0.2) is 0 Å². The maximum absolute atomic E-state index is 3.96. The molecule has 11 rings (SSSR count). The van der Waals surface area contributed by atoms with Crippen LogP contribution in [0.5, 0.6) is 0 Å². The Bertz CT molecular complexity index is 3140. The van der Waals surface area contributed by atoms with Crippen molar-refractivity contribution in [3.05, 3.63) is 247 Å². The van der Waals surface area contributed by atoms with Crippen LogP contribution in [0.25, 0.3) is 38.7 Å². The summed E-state index contributed by atoms with van der Waals surface area (Å²) in [7, 11) is 0. The van der Waals surface area contributed by atoms with Gasteiger partial charge in [-0.05, 0) is 136 Å². The monoisotopic (exact) mass is 823 g/mol. The highest BCUT2D eigenvalue weighted by Crippen LogP contribution is 2.47. The van der Waals surface area contributed by atoms with Crippen molar-refractivity contribution in [2.75, 3.05) is 15.1 Å². The molecule has 9 aromatic rings. The number of para-hydroxylation sites is 2. The lowest BCUT2D eigenvalue weighted by Gasteiger charge is -2.30. The topological polar surface area (TPSA) is 18.5 Å². The zero-order valence-corrected chi connectivity index (χ0v) is 36.0. The molecule has 64 heavy (non-hydrogen) atoms. The fourth-order valence-corrected chi connectivity index (χ4v) is 9.87. The standard InChI is InChI=1S/C61H49N3/c1-43-17-8-10-24-53(43)60-57-28-14-12-26-55(57)56-27-13-15-29-58(56)61(60)62-47-35-31-44(32-36-47)45-33-37-51(38-34-45)64(59-30-16-19-46-18-9-11-25-54(46)59)52-41-39-50(40-42-52)63(48-20-4-2-5-21-48)49-22-6-3-7-23-49/h2-11,13-25,27-43,53,62H,12,26H2,1H3. The van der Waals surface area contributed by atoms with Crippen LogP contribution in [-0.2, 0) is 6.42 Å². The van der Waals surface area contributed by atoms with Crippen LogP contribution in [0.15, 0.2) is 231 Å². The molecular formula is C61H49N3. The summed E-state index contributed by atoms with van der Waals surface area (Å²) in [6.45, 7) is 2.34. The van der Waals surface area contributed by atoms with Gasteiger partial charge in [0.2, 0.25) is 0 Å². The molecule has 0 amide bonds. The van der Waals surface area contributed by atoms with Gasteiger partial charge in [0.25, 0.3) is 0 Å². The van der Waals surface area contributed by atoms with Crippen LogP contribution >= 0.6 is 0 Å². The lowest BCUT2D eigenvalue weighted by atomic mass is 9.76. The van der Waals surface area contributed by atoms with Crippen molar-refractivity contribution in [1.29, 1.82) is 0 Å². The van der Waals surface area contributed by atoms with E-state index in [1.54, 1.807) is 0 Å². The number of nitrogens with one attached hydrogen (secondary N) is 1. The van der Waals surface area contributed by atoms with Crippen molar-refractivity contribution in [2.45, 2.75) is 25.7 Å². The average Bonchev–Trinajstić information content (AvgIpc) is 3.36. The lowest BCUT2D eigenvalue weighted by Crippen LogP contribution is -2.14. The molecular weight excluding hydrogens is 775 g/mol. The largest absolute Gasteiger partial charge is 0.355 e. The Morgan fingerprint density at radius 2 is 1.00 bits per heavy atom. The van der Waals surface area contributed by atoms with Gasteiger partial charge >= 0.3 is 0 Å². The number of allylic oxidation sites excluding steroid dienone is 5. The Morgan fingerprint density at radius 3 is 1.67 bits per heavy atom. The highest BCUT2D eigenvalue weighted by molar-refractivity contribution is 6.03. The first-order valence-electron chi connectivity index (χ1n) is 22.5. The number of benzene rings is 9. The molecule has 0 saturated carbocycles. The molecule has 0 heterocycles. The van der Waals surface area contributed by atoms with E-state index in [1.165, 1.54) is 55.0 Å². The lowest BCUT2D eigenvalue weighted by molar-refractivity contribution is 0.635. The second kappa shape index (κ2) is 17.1. The number of hydrogen-bond donors (Lipinski definition) is 1. The fourth-order valence-electron chi connectivity index (χ4n) is 9.87. The third kappa shape index (κ3) is 7.35. The van der Waals surface area contributed by atoms with Gasteiger partial charge < -0.3 is 15.1 Å². The van der Waals surface area contributed by atoms with Gasteiger partial charge in [0.1, 0.15) is 0 Å². The molecule has 2 unspecified atom stereocenters. The number of rotatable bonds is 10. The van der Waals surface area contributed by atoms with Crippen molar-refractivity contribution in [2.24, 2.45) is 5.92 Å². The Morgan fingerprint density at radius 1 is 0.469 bits per heavy atom. The summed E-state index contributed by atoms with van der Waals surface area (Å²) in [5, 5.41) is 9.01. The minimum atomic E-state index is 0.288. The average molecular weight is 824 g/mol. The van der Waals surface area contributed by atoms with Crippen molar-refractivity contribution < 1.29 is 0 Å². The van der Waals surface area contributed by atoms with Gasteiger partial charge in [-0.2, -0.15) is 0 Å². The molecule has 0 radical (unpaired) electrons. The van der Waals surface area contributed by atoms with E-state index in [2.05, 4.69) is 259 Å². The number of fused-ring (bicyclic) bond motifs is 4. The predicted octanol–water partition coefficient (Wildman–Crippen LogP) is 17.1. The molecule has 0 spiro atoms. The highest BCUT2D eigenvalue weighted by Gasteiger charge is 2.27. The maximum Gasteiger partial charge on any atom is 0.0540 e. The first kappa shape index (κ1) is 39.0. The third-order valence-electron chi connectivity index (χ3n) is 13.0. The van der Waals surface area contributed by atoms with Gasteiger partial charge in [-0.1, -0.05) is 165 Å². The van der Waals surface area contributed by atoms with Crippen molar-refractivity contribution in [3.63, 3.8) is 0 Å². The first-order chi connectivity index (χ1) is 31.7. The van der Waals surface area contributed by atoms with Gasteiger partial charge in [-0.15, -0.1) is 0 Å². The summed E-state index contributed by atoms with van der Waals surface area (Å²) in [4.78, 5) is 4.69. The summed E-state index contributed by atoms with van der Waals surface area (Å²) < 4.78 is 0. The molecule has 9 aromatic carbocycles. The smallest absolute Gasteiger partial charge is 0.0540 e. The van der Waals surface area contributed by atoms with Crippen molar-refractivity contribution >= 4 is 73.1 Å². The molecule has 308 valence electrons. The molecule has 0 fully saturated rings. The zero-order valence-electron chi connectivity index (χ0n) is 36.0. The van der Waals surface area contributed by atoms with Crippen LogP contribution in [-0.4, -0.2) is 0 Å². The van der Waals surface area contributed by atoms with Crippen LogP contribution < -0.4 is 15.1 Å². The highest BCUT2D eigenvalue weighted by atomic mass is 15.2. The van der Waals surface area contributed by atoms with Crippen LogP contribution in [0.2, 0.25) is 0 Å². The predicted molar refractivity (Wildman–Crippen MR) is 274 cm³/mol. The Kier molecular flexibility index (Phi) is 10.4. The molecule has 2 atom stereocenters. The van der Waals surface area contributed by atoms with E-state index in [0.29, 0.717) is 5.92 Å². The second-order valence-corrected chi connectivity index (χ2v) is 16.9. The molecule has 3 heteroatoms. The van der Waals surface area contributed by atoms with E-state index in [9.17, 15) is 0 Å². The van der Waals surface area contributed by atoms with Gasteiger partial charge in [-0.3, -0.25) is 0 Å².